The second-order valence-electron chi connectivity index (χ2n) is 4.35. The van der Waals surface area contributed by atoms with E-state index in [0.717, 1.165) is 6.20 Å². The van der Waals surface area contributed by atoms with E-state index in [1.807, 2.05) is 6.92 Å². The Balaban J connectivity index is 1.90. The van der Waals surface area contributed by atoms with E-state index in [-0.39, 0.29) is 17.0 Å². The van der Waals surface area contributed by atoms with Gasteiger partial charge in [0, 0.05) is 12.0 Å². The van der Waals surface area contributed by atoms with Crippen LogP contribution < -0.4 is 5.32 Å². The topological polar surface area (TPSA) is 51.2 Å². The van der Waals surface area contributed by atoms with Crippen molar-refractivity contribution < 1.29 is 13.9 Å². The van der Waals surface area contributed by atoms with E-state index < -0.39 is 5.82 Å². The number of aromatic nitrogens is 1. The Hall–Kier alpha value is -1.49. The number of carbonyl (C=O) groups is 1. The van der Waals surface area contributed by atoms with Crippen LogP contribution in [0.1, 0.15) is 17.4 Å². The summed E-state index contributed by atoms with van der Waals surface area (Å²) < 4.78 is 17.7. The summed E-state index contributed by atoms with van der Waals surface area (Å²) in [5.74, 6) is -0.732. The Morgan fingerprint density at radius 2 is 2.38 bits per heavy atom. The molecule has 16 heavy (non-hydrogen) atoms. The fraction of sp³-hybridized carbons (Fsp3) is 0.455. The van der Waals surface area contributed by atoms with Crippen LogP contribution in [-0.4, -0.2) is 30.6 Å². The molecule has 2 heterocycles. The quantitative estimate of drug-likeness (QED) is 0.832. The number of nitrogens with one attached hydrogen (secondary N) is 1. The van der Waals surface area contributed by atoms with Crippen molar-refractivity contribution >= 4 is 5.91 Å². The summed E-state index contributed by atoms with van der Waals surface area (Å²) >= 11 is 0. The Kier molecular flexibility index (Phi) is 2.87. The molecule has 0 aliphatic carbocycles. The number of amides is 1. The van der Waals surface area contributed by atoms with Crippen LogP contribution in [-0.2, 0) is 4.74 Å². The molecular weight excluding hydrogens is 211 g/mol. The SMILES string of the molecule is CC1(CNC(=O)c2ccc(F)cn2)COC1. The summed E-state index contributed by atoms with van der Waals surface area (Å²) in [4.78, 5) is 15.3. The fourth-order valence-electron chi connectivity index (χ4n) is 1.45. The van der Waals surface area contributed by atoms with Gasteiger partial charge in [-0.05, 0) is 12.1 Å². The Morgan fingerprint density at radius 3 is 2.88 bits per heavy atom. The molecule has 0 unspecified atom stereocenters. The Bertz CT molecular complexity index is 387. The highest BCUT2D eigenvalue weighted by Gasteiger charge is 2.33. The number of hydrogen-bond donors (Lipinski definition) is 1. The lowest BCUT2D eigenvalue weighted by atomic mass is 9.89. The minimum absolute atomic E-state index is 0.0235. The third kappa shape index (κ3) is 2.36. The van der Waals surface area contributed by atoms with Gasteiger partial charge in [-0.25, -0.2) is 9.37 Å². The van der Waals surface area contributed by atoms with Gasteiger partial charge in [-0.2, -0.15) is 0 Å². The maximum atomic E-state index is 12.6. The zero-order valence-electron chi connectivity index (χ0n) is 9.00. The molecule has 1 aromatic rings. The molecule has 5 heteroatoms. The van der Waals surface area contributed by atoms with Crippen molar-refractivity contribution in [2.24, 2.45) is 5.41 Å². The van der Waals surface area contributed by atoms with Crippen molar-refractivity contribution in [2.45, 2.75) is 6.92 Å². The van der Waals surface area contributed by atoms with Crippen LogP contribution in [0.25, 0.3) is 0 Å². The van der Waals surface area contributed by atoms with Crippen LogP contribution >= 0.6 is 0 Å². The van der Waals surface area contributed by atoms with Crippen LogP contribution in [0.5, 0.6) is 0 Å². The van der Waals surface area contributed by atoms with Gasteiger partial charge in [0.2, 0.25) is 0 Å². The molecular formula is C11H13FN2O2. The first kappa shape index (κ1) is 11.0. The van der Waals surface area contributed by atoms with E-state index >= 15 is 0 Å². The minimum Gasteiger partial charge on any atom is -0.380 e. The van der Waals surface area contributed by atoms with Crippen LogP contribution in [0.4, 0.5) is 4.39 Å². The molecule has 0 aromatic carbocycles. The smallest absolute Gasteiger partial charge is 0.269 e. The van der Waals surface area contributed by atoms with Gasteiger partial charge in [-0.3, -0.25) is 4.79 Å². The number of pyridine rings is 1. The number of hydrogen-bond acceptors (Lipinski definition) is 3. The lowest BCUT2D eigenvalue weighted by molar-refractivity contribution is -0.0978. The molecule has 1 amide bonds. The van der Waals surface area contributed by atoms with Gasteiger partial charge in [-0.15, -0.1) is 0 Å². The van der Waals surface area contributed by atoms with Gasteiger partial charge in [0.25, 0.3) is 5.91 Å². The normalized spacial score (nSPS) is 17.6. The van der Waals surface area contributed by atoms with Crippen LogP contribution in [0.15, 0.2) is 18.3 Å². The molecule has 4 nitrogen and oxygen atoms in total. The van der Waals surface area contributed by atoms with Gasteiger partial charge >= 0.3 is 0 Å². The molecule has 1 fully saturated rings. The Labute approximate surface area is 92.8 Å². The number of carbonyl (C=O) groups excluding carboxylic acids is 1. The summed E-state index contributed by atoms with van der Waals surface area (Å²) in [5, 5.41) is 2.76. The van der Waals surface area contributed by atoms with Crippen molar-refractivity contribution in [1.82, 2.24) is 10.3 Å². The van der Waals surface area contributed by atoms with Crippen LogP contribution in [0, 0.1) is 11.2 Å². The first-order valence-electron chi connectivity index (χ1n) is 5.07. The molecule has 1 N–H and O–H groups in total. The zero-order valence-corrected chi connectivity index (χ0v) is 9.00. The highest BCUT2D eigenvalue weighted by Crippen LogP contribution is 2.25. The van der Waals surface area contributed by atoms with Gasteiger partial charge in [-0.1, -0.05) is 6.92 Å². The monoisotopic (exact) mass is 224 g/mol. The van der Waals surface area contributed by atoms with Crippen molar-refractivity contribution in [3.8, 4) is 0 Å². The van der Waals surface area contributed by atoms with Gasteiger partial charge in [0.05, 0.1) is 19.4 Å². The lowest BCUT2D eigenvalue weighted by Gasteiger charge is -2.37. The second kappa shape index (κ2) is 4.17. The number of halogens is 1. The molecule has 1 aliphatic heterocycles. The standard InChI is InChI=1S/C11H13FN2O2/c1-11(6-16-7-11)5-14-10(15)9-3-2-8(12)4-13-9/h2-4H,5-7H2,1H3,(H,14,15). The maximum Gasteiger partial charge on any atom is 0.269 e. The third-order valence-corrected chi connectivity index (χ3v) is 2.54. The summed E-state index contributed by atoms with van der Waals surface area (Å²) in [5.41, 5.74) is 0.251. The molecule has 86 valence electrons. The zero-order chi connectivity index (χ0) is 11.6. The highest BCUT2D eigenvalue weighted by atomic mass is 19.1. The number of nitrogens with zero attached hydrogens (tertiary/aromatic N) is 1. The average Bonchev–Trinajstić information content (AvgIpc) is 2.24. The van der Waals surface area contributed by atoms with E-state index in [0.29, 0.717) is 19.8 Å². The third-order valence-electron chi connectivity index (χ3n) is 2.54. The summed E-state index contributed by atoms with van der Waals surface area (Å²) in [6.07, 6.45) is 1.03. The van der Waals surface area contributed by atoms with E-state index in [9.17, 15) is 9.18 Å². The average molecular weight is 224 g/mol. The summed E-state index contributed by atoms with van der Waals surface area (Å²) in [6.45, 7) is 3.90. The second-order valence-corrected chi connectivity index (χ2v) is 4.35. The molecule has 0 bridgehead atoms. The molecule has 1 saturated heterocycles. The Morgan fingerprint density at radius 1 is 1.62 bits per heavy atom. The van der Waals surface area contributed by atoms with E-state index in [4.69, 9.17) is 4.74 Å². The molecule has 1 aromatic heterocycles. The fourth-order valence-corrected chi connectivity index (χ4v) is 1.45. The van der Waals surface area contributed by atoms with Crippen molar-refractivity contribution in [3.63, 3.8) is 0 Å². The predicted octanol–water partition coefficient (Wildman–Crippen LogP) is 0.987. The molecule has 0 spiro atoms. The molecule has 0 atom stereocenters. The van der Waals surface area contributed by atoms with Gasteiger partial charge in [0.15, 0.2) is 0 Å². The molecule has 0 saturated carbocycles. The first-order valence-corrected chi connectivity index (χ1v) is 5.07. The largest absolute Gasteiger partial charge is 0.380 e. The van der Waals surface area contributed by atoms with Gasteiger partial charge in [0.1, 0.15) is 11.5 Å². The van der Waals surface area contributed by atoms with Crippen molar-refractivity contribution in [1.29, 1.82) is 0 Å². The minimum atomic E-state index is -0.448. The maximum absolute atomic E-state index is 12.6. The molecule has 2 rings (SSSR count). The summed E-state index contributed by atoms with van der Waals surface area (Å²) in [6, 6.07) is 2.58. The highest BCUT2D eigenvalue weighted by molar-refractivity contribution is 5.92. The summed E-state index contributed by atoms with van der Waals surface area (Å²) in [7, 11) is 0. The predicted molar refractivity (Wildman–Crippen MR) is 55.5 cm³/mol. The van der Waals surface area contributed by atoms with E-state index in [1.54, 1.807) is 0 Å². The van der Waals surface area contributed by atoms with Crippen LogP contribution in [0.3, 0.4) is 0 Å². The van der Waals surface area contributed by atoms with E-state index in [2.05, 4.69) is 10.3 Å². The van der Waals surface area contributed by atoms with E-state index in [1.165, 1.54) is 12.1 Å². The van der Waals surface area contributed by atoms with Gasteiger partial charge < -0.3 is 10.1 Å². The lowest BCUT2D eigenvalue weighted by Crippen LogP contribution is -2.48. The number of ether oxygens (including phenoxy) is 1. The molecule has 0 radical (unpaired) electrons. The van der Waals surface area contributed by atoms with Crippen molar-refractivity contribution in [3.05, 3.63) is 29.8 Å². The van der Waals surface area contributed by atoms with Crippen molar-refractivity contribution in [2.75, 3.05) is 19.8 Å². The molecule has 1 aliphatic rings. The van der Waals surface area contributed by atoms with Crippen LogP contribution in [0.2, 0.25) is 0 Å². The first-order chi connectivity index (χ1) is 7.59. The number of rotatable bonds is 3.